The Morgan fingerprint density at radius 2 is 2.00 bits per heavy atom. The zero-order valence-corrected chi connectivity index (χ0v) is 11.5. The third kappa shape index (κ3) is 2.48. The maximum atomic E-state index is 13.4. The first-order chi connectivity index (χ1) is 10.1. The first kappa shape index (κ1) is 13.6. The minimum Gasteiger partial charge on any atom is -0.389 e. The third-order valence-corrected chi connectivity index (χ3v) is 3.50. The number of aliphatic hydroxyl groups excluding tert-OH is 1. The number of para-hydroxylation sites is 2. The van der Waals surface area contributed by atoms with Gasteiger partial charge >= 0.3 is 0 Å². The summed E-state index contributed by atoms with van der Waals surface area (Å²) < 4.78 is 13.4. The van der Waals surface area contributed by atoms with E-state index in [2.05, 4.69) is 5.32 Å². The van der Waals surface area contributed by atoms with Crippen LogP contribution in [-0.2, 0) is 4.79 Å². The van der Waals surface area contributed by atoms with Gasteiger partial charge in [0.1, 0.15) is 12.4 Å². The number of carbonyl (C=O) groups is 1. The van der Waals surface area contributed by atoms with Crippen molar-refractivity contribution in [3.63, 3.8) is 0 Å². The Hall–Kier alpha value is -2.40. The molecule has 21 heavy (non-hydrogen) atoms. The molecule has 1 aliphatic heterocycles. The van der Waals surface area contributed by atoms with Gasteiger partial charge in [-0.1, -0.05) is 12.1 Å². The highest BCUT2D eigenvalue weighted by molar-refractivity contribution is 6.03. The minimum atomic E-state index is -0.826. The molecule has 0 spiro atoms. The number of nitrogens with one attached hydrogen (secondary N) is 1. The van der Waals surface area contributed by atoms with Crippen LogP contribution >= 0.6 is 0 Å². The fraction of sp³-hybridized carbons (Fsp3) is 0.188. The zero-order chi connectivity index (χ0) is 15.0. The summed E-state index contributed by atoms with van der Waals surface area (Å²) in [5.41, 5.74) is 2.62. The van der Waals surface area contributed by atoms with Crippen LogP contribution in [0.5, 0.6) is 0 Å². The van der Waals surface area contributed by atoms with Gasteiger partial charge in [0.2, 0.25) is 5.91 Å². The lowest BCUT2D eigenvalue weighted by molar-refractivity contribution is -0.115. The second-order valence-electron chi connectivity index (χ2n) is 5.03. The maximum Gasteiger partial charge on any atom is 0.244 e. The van der Waals surface area contributed by atoms with Crippen molar-refractivity contribution < 1.29 is 14.3 Å². The topological polar surface area (TPSA) is 52.6 Å². The van der Waals surface area contributed by atoms with Gasteiger partial charge < -0.3 is 15.3 Å². The number of hydrogen-bond acceptors (Lipinski definition) is 3. The lowest BCUT2D eigenvalue weighted by Crippen LogP contribution is -2.35. The zero-order valence-electron chi connectivity index (χ0n) is 11.5. The quantitative estimate of drug-likeness (QED) is 0.892. The summed E-state index contributed by atoms with van der Waals surface area (Å²) in [4.78, 5) is 13.7. The number of anilines is 3. The summed E-state index contributed by atoms with van der Waals surface area (Å²) in [5.74, 6) is -0.557. The molecule has 3 rings (SSSR count). The molecule has 0 bridgehead atoms. The number of amides is 1. The molecule has 2 aromatic rings. The van der Waals surface area contributed by atoms with Gasteiger partial charge in [0.05, 0.1) is 17.5 Å². The summed E-state index contributed by atoms with van der Waals surface area (Å²) in [6, 6.07) is 11.6. The van der Waals surface area contributed by atoms with E-state index in [4.69, 9.17) is 0 Å². The second-order valence-corrected chi connectivity index (χ2v) is 5.03. The molecule has 0 saturated heterocycles. The Bertz CT molecular complexity index is 700. The van der Waals surface area contributed by atoms with Crippen molar-refractivity contribution in [1.82, 2.24) is 0 Å². The van der Waals surface area contributed by atoms with Gasteiger partial charge in [-0.2, -0.15) is 0 Å². The van der Waals surface area contributed by atoms with E-state index < -0.39 is 11.9 Å². The summed E-state index contributed by atoms with van der Waals surface area (Å²) in [6.45, 7) is 1.70. The van der Waals surface area contributed by atoms with Crippen molar-refractivity contribution in [3.05, 3.63) is 53.8 Å². The molecule has 1 heterocycles. The van der Waals surface area contributed by atoms with Gasteiger partial charge in [0.25, 0.3) is 0 Å². The lowest BCUT2D eigenvalue weighted by atomic mass is 10.0. The molecule has 1 aliphatic rings. The van der Waals surface area contributed by atoms with Gasteiger partial charge in [0, 0.05) is 11.3 Å². The molecule has 0 unspecified atom stereocenters. The molecular weight excluding hydrogens is 271 g/mol. The van der Waals surface area contributed by atoms with E-state index in [1.807, 2.05) is 24.3 Å². The summed E-state index contributed by atoms with van der Waals surface area (Å²) >= 11 is 0. The maximum absolute atomic E-state index is 13.4. The van der Waals surface area contributed by atoms with Crippen LogP contribution in [-0.4, -0.2) is 17.6 Å². The molecule has 4 nitrogen and oxygen atoms in total. The Morgan fingerprint density at radius 1 is 1.24 bits per heavy atom. The van der Waals surface area contributed by atoms with Gasteiger partial charge in [0.15, 0.2) is 0 Å². The van der Waals surface area contributed by atoms with Crippen molar-refractivity contribution in [2.24, 2.45) is 0 Å². The Morgan fingerprint density at radius 3 is 2.76 bits per heavy atom. The summed E-state index contributed by atoms with van der Waals surface area (Å²) in [5, 5.41) is 12.7. The van der Waals surface area contributed by atoms with E-state index in [1.165, 1.54) is 12.1 Å². The van der Waals surface area contributed by atoms with Gasteiger partial charge in [-0.05, 0) is 37.3 Å². The number of fused-ring (bicyclic) bond motifs is 1. The van der Waals surface area contributed by atoms with Crippen molar-refractivity contribution in [3.8, 4) is 0 Å². The monoisotopic (exact) mass is 286 g/mol. The molecular formula is C16H15FN2O2. The third-order valence-electron chi connectivity index (χ3n) is 3.50. The fourth-order valence-electron chi connectivity index (χ4n) is 2.55. The van der Waals surface area contributed by atoms with Crippen LogP contribution in [0.3, 0.4) is 0 Å². The SMILES string of the molecule is C[C@@H](O)c1cc(F)ccc1N1CC(=O)Nc2ccccc21. The van der Waals surface area contributed by atoms with E-state index >= 15 is 0 Å². The number of hydrogen-bond donors (Lipinski definition) is 2. The van der Waals surface area contributed by atoms with Crippen molar-refractivity contribution >= 4 is 23.0 Å². The smallest absolute Gasteiger partial charge is 0.244 e. The van der Waals surface area contributed by atoms with E-state index in [0.717, 1.165) is 5.69 Å². The predicted molar refractivity (Wildman–Crippen MR) is 79.1 cm³/mol. The molecule has 0 aliphatic carbocycles. The molecule has 2 aromatic carbocycles. The number of aliphatic hydroxyl groups is 1. The Kier molecular flexibility index (Phi) is 3.35. The van der Waals surface area contributed by atoms with Crippen molar-refractivity contribution in [2.45, 2.75) is 13.0 Å². The second kappa shape index (κ2) is 5.18. The molecule has 5 heteroatoms. The number of halogens is 1. The minimum absolute atomic E-state index is 0.127. The molecule has 1 atom stereocenters. The van der Waals surface area contributed by atoms with E-state index in [-0.39, 0.29) is 12.5 Å². The highest BCUT2D eigenvalue weighted by Gasteiger charge is 2.25. The molecule has 0 saturated carbocycles. The van der Waals surface area contributed by atoms with Crippen LogP contribution in [0.15, 0.2) is 42.5 Å². The van der Waals surface area contributed by atoms with Crippen LogP contribution in [0.25, 0.3) is 0 Å². The van der Waals surface area contributed by atoms with Crippen LogP contribution in [0.2, 0.25) is 0 Å². The average Bonchev–Trinajstić information content (AvgIpc) is 2.46. The van der Waals surface area contributed by atoms with Crippen LogP contribution in [0, 0.1) is 5.82 Å². The van der Waals surface area contributed by atoms with Crippen LogP contribution < -0.4 is 10.2 Å². The Balaban J connectivity index is 2.15. The lowest BCUT2D eigenvalue weighted by Gasteiger charge is -2.32. The van der Waals surface area contributed by atoms with E-state index in [1.54, 1.807) is 17.9 Å². The van der Waals surface area contributed by atoms with Crippen LogP contribution in [0.4, 0.5) is 21.5 Å². The molecule has 108 valence electrons. The molecule has 2 N–H and O–H groups in total. The summed E-state index contributed by atoms with van der Waals surface area (Å²) in [7, 11) is 0. The Labute approximate surface area is 121 Å². The standard InChI is InChI=1S/C16H15FN2O2/c1-10(20)12-8-11(17)6-7-14(12)19-9-16(21)18-13-4-2-3-5-15(13)19/h2-8,10,20H,9H2,1H3,(H,18,21)/t10-/m1/s1. The highest BCUT2D eigenvalue weighted by atomic mass is 19.1. The molecule has 0 radical (unpaired) electrons. The normalized spacial score (nSPS) is 15.4. The summed E-state index contributed by atoms with van der Waals surface area (Å²) in [6.07, 6.45) is -0.826. The predicted octanol–water partition coefficient (Wildman–Crippen LogP) is 2.97. The first-order valence-electron chi connectivity index (χ1n) is 6.70. The number of carbonyl (C=O) groups excluding carboxylic acids is 1. The molecule has 0 aromatic heterocycles. The molecule has 1 amide bonds. The van der Waals surface area contributed by atoms with Gasteiger partial charge in [-0.25, -0.2) is 4.39 Å². The highest BCUT2D eigenvalue weighted by Crippen LogP contribution is 2.38. The van der Waals surface area contributed by atoms with Gasteiger partial charge in [-0.15, -0.1) is 0 Å². The average molecular weight is 286 g/mol. The largest absolute Gasteiger partial charge is 0.389 e. The van der Waals surface area contributed by atoms with Gasteiger partial charge in [-0.3, -0.25) is 4.79 Å². The van der Waals surface area contributed by atoms with Crippen molar-refractivity contribution in [1.29, 1.82) is 0 Å². The van der Waals surface area contributed by atoms with E-state index in [0.29, 0.717) is 16.9 Å². The number of benzene rings is 2. The molecule has 0 fully saturated rings. The number of rotatable bonds is 2. The van der Waals surface area contributed by atoms with Crippen LogP contribution in [0.1, 0.15) is 18.6 Å². The first-order valence-corrected chi connectivity index (χ1v) is 6.70. The van der Waals surface area contributed by atoms with E-state index in [9.17, 15) is 14.3 Å². The van der Waals surface area contributed by atoms with Crippen molar-refractivity contribution in [2.75, 3.05) is 16.8 Å². The fourth-order valence-corrected chi connectivity index (χ4v) is 2.55. The number of nitrogens with zero attached hydrogens (tertiary/aromatic N) is 1.